The molecular formula is C40H53NO6S. The first-order chi connectivity index (χ1) is 22.4. The van der Waals surface area contributed by atoms with E-state index in [9.17, 15) is 4.79 Å². The summed E-state index contributed by atoms with van der Waals surface area (Å²) in [6, 6.07) is 15.3. The molecule has 1 aliphatic heterocycles. The van der Waals surface area contributed by atoms with Crippen LogP contribution in [0, 0.1) is 12.8 Å². The van der Waals surface area contributed by atoms with Crippen LogP contribution >= 0.6 is 0 Å². The predicted molar refractivity (Wildman–Crippen MR) is 195 cm³/mol. The van der Waals surface area contributed by atoms with E-state index >= 15 is 4.55 Å². The van der Waals surface area contributed by atoms with Crippen molar-refractivity contribution in [1.29, 1.82) is 0 Å². The Bertz CT molecular complexity index is 1710. The van der Waals surface area contributed by atoms with Gasteiger partial charge in [0, 0.05) is 22.6 Å². The van der Waals surface area contributed by atoms with Gasteiger partial charge in [-0.15, -0.1) is 4.36 Å². The van der Waals surface area contributed by atoms with E-state index in [1.165, 1.54) is 0 Å². The molecule has 3 aromatic rings. The highest BCUT2D eigenvalue weighted by Crippen LogP contribution is 2.53. The summed E-state index contributed by atoms with van der Waals surface area (Å²) in [6.45, 7) is 20.5. The van der Waals surface area contributed by atoms with Gasteiger partial charge in [0.05, 0.1) is 33.7 Å². The molecule has 4 rings (SSSR count). The van der Waals surface area contributed by atoms with Crippen molar-refractivity contribution in [3.63, 3.8) is 0 Å². The average molecular weight is 676 g/mol. The van der Waals surface area contributed by atoms with Crippen LogP contribution in [0.15, 0.2) is 69.4 Å². The summed E-state index contributed by atoms with van der Waals surface area (Å²) in [5.41, 5.74) is 4.49. The predicted octanol–water partition coefficient (Wildman–Crippen LogP) is 9.84. The van der Waals surface area contributed by atoms with Crippen LogP contribution < -0.4 is 18.9 Å². The highest BCUT2D eigenvalue weighted by molar-refractivity contribution is 8.00. The Morgan fingerprint density at radius 1 is 0.917 bits per heavy atom. The van der Waals surface area contributed by atoms with E-state index in [2.05, 4.69) is 47.6 Å². The van der Waals surface area contributed by atoms with Gasteiger partial charge in [0.2, 0.25) is 0 Å². The van der Waals surface area contributed by atoms with Crippen LogP contribution in [0.4, 0.5) is 5.69 Å². The second-order valence-corrected chi connectivity index (χ2v) is 17.4. The Morgan fingerprint density at radius 2 is 1.50 bits per heavy atom. The fourth-order valence-electron chi connectivity index (χ4n) is 6.65. The Morgan fingerprint density at radius 3 is 1.98 bits per heavy atom. The summed E-state index contributed by atoms with van der Waals surface area (Å²) in [5, 5.41) is -0.549. The Hall–Kier alpha value is -3.62. The third kappa shape index (κ3) is 7.35. The molecule has 0 bridgehead atoms. The van der Waals surface area contributed by atoms with Gasteiger partial charge >= 0.3 is 5.97 Å². The molecular weight excluding hydrogens is 623 g/mol. The lowest BCUT2D eigenvalue weighted by Crippen LogP contribution is -2.41. The molecule has 0 spiro atoms. The molecule has 3 aromatic carbocycles. The first-order valence-corrected chi connectivity index (χ1v) is 18.1. The fraction of sp³-hybridized carbons (Fsp3) is 0.475. The molecule has 0 aliphatic carbocycles. The number of hydrogen-bond donors (Lipinski definition) is 0. The molecule has 1 aliphatic rings. The van der Waals surface area contributed by atoms with E-state index < -0.39 is 15.4 Å². The Balaban J connectivity index is 1.89. The van der Waals surface area contributed by atoms with Gasteiger partial charge in [0.15, 0.2) is 11.5 Å². The van der Waals surface area contributed by atoms with E-state index in [0.717, 1.165) is 33.6 Å². The van der Waals surface area contributed by atoms with Gasteiger partial charge in [-0.3, -0.25) is 4.79 Å². The normalized spacial score (nSPS) is 19.8. The maximum Gasteiger partial charge on any atom is 0.311 e. The lowest BCUT2D eigenvalue weighted by Gasteiger charge is -2.42. The molecule has 7 nitrogen and oxygen atoms in total. The molecule has 4 atom stereocenters. The van der Waals surface area contributed by atoms with Crippen LogP contribution in [0.5, 0.6) is 23.0 Å². The minimum atomic E-state index is -3.11. The highest BCUT2D eigenvalue weighted by Gasteiger charge is 2.47. The van der Waals surface area contributed by atoms with Crippen molar-refractivity contribution in [3.8, 4) is 23.0 Å². The number of allylic oxidation sites excluding steroid dienone is 2. The minimum absolute atomic E-state index is 0.0396. The van der Waals surface area contributed by atoms with E-state index in [0.29, 0.717) is 27.8 Å². The number of carbonyl (C=O) groups excluding carboxylic acids is 1. The highest BCUT2D eigenvalue weighted by atomic mass is 32.3. The molecule has 0 aromatic heterocycles. The van der Waals surface area contributed by atoms with Gasteiger partial charge in [-0.25, -0.2) is 0 Å². The van der Waals surface area contributed by atoms with Crippen LogP contribution in [0.3, 0.4) is 0 Å². The zero-order valence-electron chi connectivity index (χ0n) is 30.9. The molecule has 0 N–H and O–H groups in total. The van der Waals surface area contributed by atoms with Crippen LogP contribution in [-0.2, 0) is 25.7 Å². The van der Waals surface area contributed by atoms with Crippen LogP contribution in [0.25, 0.3) is 0 Å². The number of nitrogens with zero attached hydrogens (tertiary/aromatic N) is 1. The number of fused-ring (bicyclic) bond motifs is 1. The largest absolute Gasteiger partial charge is 0.626 e. The van der Waals surface area contributed by atoms with E-state index in [-0.39, 0.29) is 35.1 Å². The molecule has 0 saturated heterocycles. The number of benzene rings is 3. The van der Waals surface area contributed by atoms with Crippen LogP contribution in [-0.4, -0.2) is 37.1 Å². The number of hydrogen-bond acceptors (Lipinski definition) is 7. The third-order valence-corrected chi connectivity index (χ3v) is 11.9. The standard InChI is InChI=1S/C40H53NO6S/c1-24(2)19-30-29-23-33(45-12)36(46-13)26(4)35(29)41-48(43,28-17-15-14-16-18-28)38(30)25(3)20-34(42)47-37-31(39(5,6)7)21-27(44-11)22-32(37)40(8,9)10/h14-19,21-23,25,30,38H,20H2,1-13H3/t25-,30+,38-,48?/m1/s1. The van der Waals surface area contributed by atoms with Gasteiger partial charge < -0.3 is 23.5 Å². The van der Waals surface area contributed by atoms with Crippen LogP contribution in [0.1, 0.15) is 96.9 Å². The molecule has 48 heavy (non-hydrogen) atoms. The van der Waals surface area contributed by atoms with Crippen molar-refractivity contribution in [2.45, 2.75) is 103 Å². The van der Waals surface area contributed by atoms with Gasteiger partial charge in [-0.1, -0.05) is 78.3 Å². The first-order valence-electron chi connectivity index (χ1n) is 16.5. The number of esters is 1. The van der Waals surface area contributed by atoms with E-state index in [1.54, 1.807) is 21.3 Å². The zero-order chi connectivity index (χ0) is 35.8. The number of carbonyl (C=O) groups is 1. The summed E-state index contributed by atoms with van der Waals surface area (Å²) in [6.07, 6.45) is 2.19. The molecule has 260 valence electrons. The van der Waals surface area contributed by atoms with Crippen molar-refractivity contribution in [1.82, 2.24) is 0 Å². The topological polar surface area (TPSA) is 89.4 Å². The quantitative estimate of drug-likeness (QED) is 0.0971. The van der Waals surface area contributed by atoms with E-state index in [1.807, 2.05) is 76.2 Å². The third-order valence-electron chi connectivity index (χ3n) is 8.99. The lowest BCUT2D eigenvalue weighted by molar-refractivity contribution is -0.135. The monoisotopic (exact) mass is 675 g/mol. The van der Waals surface area contributed by atoms with Gasteiger partial charge in [-0.2, -0.15) is 0 Å². The first kappa shape index (κ1) is 37.2. The smallest absolute Gasteiger partial charge is 0.311 e. The molecule has 1 heterocycles. The number of rotatable bonds is 9. The SMILES string of the molecule is COc1cc(C(C)(C)C)c(OC(=O)C[C@@H](C)[C@@H]2[C@@H](C=C(C)C)c3cc(OC)c(OC)c(C)c3N=[S+]2([O-])c2ccccc2)c(C(C)(C)C)c1. The van der Waals surface area contributed by atoms with Gasteiger partial charge in [-0.05, 0) is 77.6 Å². The average Bonchev–Trinajstić information content (AvgIpc) is 3.00. The fourth-order valence-corrected chi connectivity index (χ4v) is 9.60. The van der Waals surface area contributed by atoms with Gasteiger partial charge in [0.1, 0.15) is 27.3 Å². The van der Waals surface area contributed by atoms with Crippen molar-refractivity contribution in [2.24, 2.45) is 10.3 Å². The summed E-state index contributed by atoms with van der Waals surface area (Å²) >= 11 is 0. The Kier molecular flexibility index (Phi) is 10.9. The Labute approximate surface area is 288 Å². The molecule has 0 radical (unpaired) electrons. The molecule has 8 heteroatoms. The summed E-state index contributed by atoms with van der Waals surface area (Å²) in [7, 11) is 1.74. The molecule has 0 fully saturated rings. The van der Waals surface area contributed by atoms with Crippen molar-refractivity contribution in [3.05, 3.63) is 82.4 Å². The second-order valence-electron chi connectivity index (χ2n) is 15.1. The maximum atomic E-state index is 15.6. The minimum Gasteiger partial charge on any atom is -0.626 e. The molecule has 0 amide bonds. The zero-order valence-corrected chi connectivity index (χ0v) is 31.8. The maximum absolute atomic E-state index is 15.6. The molecule has 1 unspecified atom stereocenters. The van der Waals surface area contributed by atoms with Crippen LogP contribution in [0.2, 0.25) is 0 Å². The van der Waals surface area contributed by atoms with E-state index in [4.69, 9.17) is 23.3 Å². The second kappa shape index (κ2) is 14.1. The van der Waals surface area contributed by atoms with Crippen molar-refractivity contribution in [2.75, 3.05) is 21.3 Å². The summed E-state index contributed by atoms with van der Waals surface area (Å²) in [5.74, 6) is 1.32. The van der Waals surface area contributed by atoms with Gasteiger partial charge in [0.25, 0.3) is 0 Å². The summed E-state index contributed by atoms with van der Waals surface area (Å²) < 4.78 is 44.2. The van der Waals surface area contributed by atoms with Crippen molar-refractivity contribution >= 4 is 21.8 Å². The van der Waals surface area contributed by atoms with Crippen molar-refractivity contribution < 1.29 is 28.3 Å². The summed E-state index contributed by atoms with van der Waals surface area (Å²) in [4.78, 5) is 14.7. The number of ether oxygens (including phenoxy) is 4. The lowest BCUT2D eigenvalue weighted by atomic mass is 9.79. The molecule has 0 saturated carbocycles. The number of methoxy groups -OCH3 is 3.